The molecular formula is C31H39N3O5S. The number of anilines is 1. The average molecular weight is 566 g/mol. The minimum atomic E-state index is -4.11. The zero-order chi connectivity index (χ0) is 29.3. The molecule has 0 radical (unpaired) electrons. The molecule has 0 fully saturated rings. The van der Waals surface area contributed by atoms with Crippen LogP contribution in [0, 0.1) is 6.92 Å². The Kier molecular flexibility index (Phi) is 10.7. The Morgan fingerprint density at radius 2 is 1.57 bits per heavy atom. The van der Waals surface area contributed by atoms with Gasteiger partial charge in [0.05, 0.1) is 17.7 Å². The number of hydrogen-bond acceptors (Lipinski definition) is 5. The van der Waals surface area contributed by atoms with Crippen LogP contribution in [0.4, 0.5) is 5.69 Å². The summed E-state index contributed by atoms with van der Waals surface area (Å²) in [5, 5.41) is 2.82. The van der Waals surface area contributed by atoms with Crippen LogP contribution in [0.1, 0.15) is 43.9 Å². The summed E-state index contributed by atoms with van der Waals surface area (Å²) in [5.41, 5.74) is 2.95. The van der Waals surface area contributed by atoms with Crippen molar-refractivity contribution in [2.75, 3.05) is 24.5 Å². The number of amides is 2. The highest BCUT2D eigenvalue weighted by Crippen LogP contribution is 2.28. The summed E-state index contributed by atoms with van der Waals surface area (Å²) < 4.78 is 34.5. The van der Waals surface area contributed by atoms with E-state index in [1.54, 1.807) is 55.6 Å². The molecule has 0 aromatic heterocycles. The summed E-state index contributed by atoms with van der Waals surface area (Å²) in [6.45, 7) is 7.56. The maximum absolute atomic E-state index is 14.1. The Hall–Kier alpha value is -3.85. The second kappa shape index (κ2) is 14.0. The van der Waals surface area contributed by atoms with Crippen LogP contribution in [0.25, 0.3) is 0 Å². The molecule has 9 heteroatoms. The van der Waals surface area contributed by atoms with Crippen molar-refractivity contribution in [2.24, 2.45) is 0 Å². The van der Waals surface area contributed by atoms with Crippen molar-refractivity contribution in [2.45, 2.75) is 58.0 Å². The van der Waals surface area contributed by atoms with E-state index < -0.39 is 28.5 Å². The fraction of sp³-hybridized carbons (Fsp3) is 0.355. The zero-order valence-corrected chi connectivity index (χ0v) is 24.7. The van der Waals surface area contributed by atoms with Gasteiger partial charge in [-0.05, 0) is 68.1 Å². The van der Waals surface area contributed by atoms with Gasteiger partial charge in [0.25, 0.3) is 10.0 Å². The fourth-order valence-corrected chi connectivity index (χ4v) is 6.00. The number of nitrogens with zero attached hydrogens (tertiary/aromatic N) is 2. The van der Waals surface area contributed by atoms with Gasteiger partial charge in [-0.25, -0.2) is 8.42 Å². The third kappa shape index (κ3) is 7.21. The lowest BCUT2D eigenvalue weighted by atomic mass is 10.1. The van der Waals surface area contributed by atoms with E-state index in [0.29, 0.717) is 30.8 Å². The molecule has 0 aliphatic rings. The lowest BCUT2D eigenvalue weighted by molar-refractivity contribution is -0.140. The lowest BCUT2D eigenvalue weighted by Crippen LogP contribution is -2.52. The number of benzene rings is 3. The van der Waals surface area contributed by atoms with Gasteiger partial charge in [0, 0.05) is 13.1 Å². The second-order valence-electron chi connectivity index (χ2n) is 9.50. The van der Waals surface area contributed by atoms with Crippen LogP contribution in [-0.4, -0.2) is 51.4 Å². The first-order valence-corrected chi connectivity index (χ1v) is 15.0. The molecule has 8 nitrogen and oxygen atoms in total. The Morgan fingerprint density at radius 3 is 2.15 bits per heavy atom. The van der Waals surface area contributed by atoms with E-state index in [-0.39, 0.29) is 17.3 Å². The first kappa shape index (κ1) is 30.7. The summed E-state index contributed by atoms with van der Waals surface area (Å²) in [7, 11) is -2.53. The highest BCUT2D eigenvalue weighted by atomic mass is 32.2. The summed E-state index contributed by atoms with van der Waals surface area (Å²) >= 11 is 0. The van der Waals surface area contributed by atoms with Crippen molar-refractivity contribution in [3.8, 4) is 5.75 Å². The molecule has 0 unspecified atom stereocenters. The van der Waals surface area contributed by atoms with Crippen molar-refractivity contribution in [3.63, 3.8) is 0 Å². The Bertz CT molecular complexity index is 1390. The molecule has 2 amide bonds. The number of carbonyl (C=O) groups excluding carboxylic acids is 2. The average Bonchev–Trinajstić information content (AvgIpc) is 2.96. The van der Waals surface area contributed by atoms with E-state index in [1.165, 1.54) is 9.21 Å². The highest BCUT2D eigenvalue weighted by Gasteiger charge is 2.34. The van der Waals surface area contributed by atoms with Crippen molar-refractivity contribution in [1.29, 1.82) is 0 Å². The van der Waals surface area contributed by atoms with E-state index in [1.807, 2.05) is 52.0 Å². The van der Waals surface area contributed by atoms with Crippen LogP contribution in [-0.2, 0) is 32.6 Å². The Labute approximate surface area is 238 Å². The van der Waals surface area contributed by atoms with Crippen molar-refractivity contribution >= 4 is 27.5 Å². The second-order valence-corrected chi connectivity index (χ2v) is 11.4. The number of methoxy groups -OCH3 is 1. The topological polar surface area (TPSA) is 96.0 Å². The molecule has 0 spiro atoms. The summed E-state index contributed by atoms with van der Waals surface area (Å²) in [4.78, 5) is 28.7. The molecule has 0 saturated heterocycles. The molecule has 3 rings (SSSR count). The van der Waals surface area contributed by atoms with Gasteiger partial charge in [-0.3, -0.25) is 13.9 Å². The van der Waals surface area contributed by atoms with Gasteiger partial charge >= 0.3 is 0 Å². The largest absolute Gasteiger partial charge is 0.497 e. The van der Waals surface area contributed by atoms with E-state index >= 15 is 0 Å². The highest BCUT2D eigenvalue weighted by molar-refractivity contribution is 7.92. The number of carbonyl (C=O) groups is 2. The summed E-state index contributed by atoms with van der Waals surface area (Å²) in [6.07, 6.45) is 0.945. The van der Waals surface area contributed by atoms with Gasteiger partial charge in [-0.2, -0.15) is 0 Å². The molecule has 1 atom stereocenters. The molecule has 1 N–H and O–H groups in total. The number of hydrogen-bond donors (Lipinski definition) is 1. The number of ether oxygens (including phenoxy) is 1. The maximum Gasteiger partial charge on any atom is 0.264 e. The molecule has 0 aliphatic carbocycles. The molecule has 0 saturated carbocycles. The minimum Gasteiger partial charge on any atom is -0.497 e. The Morgan fingerprint density at radius 1 is 0.925 bits per heavy atom. The molecule has 0 bridgehead atoms. The van der Waals surface area contributed by atoms with Crippen molar-refractivity contribution in [1.82, 2.24) is 10.2 Å². The minimum absolute atomic E-state index is 0.0919. The van der Waals surface area contributed by atoms with Crippen LogP contribution in [0.3, 0.4) is 0 Å². The van der Waals surface area contributed by atoms with Crippen LogP contribution < -0.4 is 14.4 Å². The Balaban J connectivity index is 2.08. The van der Waals surface area contributed by atoms with Crippen molar-refractivity contribution < 1.29 is 22.7 Å². The molecule has 214 valence electrons. The van der Waals surface area contributed by atoms with Crippen LogP contribution in [0.5, 0.6) is 5.75 Å². The third-order valence-corrected chi connectivity index (χ3v) is 8.55. The monoisotopic (exact) mass is 565 g/mol. The number of aryl methyl sites for hydroxylation is 2. The quantitative estimate of drug-likeness (QED) is 0.324. The van der Waals surface area contributed by atoms with E-state index in [2.05, 4.69) is 5.32 Å². The molecule has 0 aliphatic heterocycles. The van der Waals surface area contributed by atoms with E-state index in [4.69, 9.17) is 4.74 Å². The van der Waals surface area contributed by atoms with Crippen LogP contribution in [0.15, 0.2) is 77.7 Å². The molecular weight excluding hydrogens is 526 g/mol. The van der Waals surface area contributed by atoms with Crippen molar-refractivity contribution in [3.05, 3.63) is 89.5 Å². The number of nitrogens with one attached hydrogen (secondary N) is 1. The van der Waals surface area contributed by atoms with Gasteiger partial charge < -0.3 is 15.0 Å². The SMILES string of the molecule is CCNC(=O)[C@H](CC)N(Cc1ccc(OC)cc1)C(=O)CN(c1ccccc1CC)S(=O)(=O)c1ccc(C)cc1. The number of rotatable bonds is 13. The number of para-hydroxylation sites is 1. The van der Waals surface area contributed by atoms with Gasteiger partial charge in [-0.15, -0.1) is 0 Å². The standard InChI is InChI=1S/C31H39N3O5S/c1-6-25-11-9-10-12-29(25)34(40(37,38)27-19-13-23(4)14-20-27)22-30(35)33(28(7-2)31(36)32-8-3)21-24-15-17-26(39-5)18-16-24/h9-20,28H,6-8,21-22H2,1-5H3,(H,32,36)/t28-/m0/s1. The maximum atomic E-state index is 14.1. The number of likely N-dealkylation sites (N-methyl/N-ethyl adjacent to an activating group) is 1. The molecule has 0 heterocycles. The van der Waals surface area contributed by atoms with Gasteiger partial charge in [-0.1, -0.05) is 61.9 Å². The van der Waals surface area contributed by atoms with Crippen LogP contribution >= 0.6 is 0 Å². The molecule has 3 aromatic carbocycles. The predicted molar refractivity (Wildman–Crippen MR) is 158 cm³/mol. The summed E-state index contributed by atoms with van der Waals surface area (Å²) in [5.74, 6) is -0.0896. The zero-order valence-electron chi connectivity index (χ0n) is 23.9. The first-order valence-electron chi connectivity index (χ1n) is 13.5. The van der Waals surface area contributed by atoms with E-state index in [0.717, 1.165) is 16.7 Å². The van der Waals surface area contributed by atoms with E-state index in [9.17, 15) is 18.0 Å². The van der Waals surface area contributed by atoms with Gasteiger partial charge in [0.15, 0.2) is 0 Å². The lowest BCUT2D eigenvalue weighted by Gasteiger charge is -2.33. The van der Waals surface area contributed by atoms with Gasteiger partial charge in [0.2, 0.25) is 11.8 Å². The molecule has 40 heavy (non-hydrogen) atoms. The van der Waals surface area contributed by atoms with Gasteiger partial charge in [0.1, 0.15) is 18.3 Å². The number of sulfonamides is 1. The molecule has 3 aromatic rings. The first-order chi connectivity index (χ1) is 19.2. The van der Waals surface area contributed by atoms with Crippen LogP contribution in [0.2, 0.25) is 0 Å². The smallest absolute Gasteiger partial charge is 0.264 e. The normalized spacial score (nSPS) is 11.9. The summed E-state index contributed by atoms with van der Waals surface area (Å²) in [6, 6.07) is 20.2. The third-order valence-electron chi connectivity index (χ3n) is 6.78. The predicted octanol–water partition coefficient (Wildman–Crippen LogP) is 4.70. The fourth-order valence-electron chi connectivity index (χ4n) is 4.54.